The van der Waals surface area contributed by atoms with Crippen LogP contribution in [0.4, 0.5) is 0 Å². The third-order valence-corrected chi connectivity index (χ3v) is 8.40. The van der Waals surface area contributed by atoms with E-state index in [1.807, 2.05) is 6.07 Å². The molecule has 1 aliphatic heterocycles. The van der Waals surface area contributed by atoms with Crippen molar-refractivity contribution in [3.63, 3.8) is 0 Å². The summed E-state index contributed by atoms with van der Waals surface area (Å²) in [5.41, 5.74) is 0.913. The molecule has 0 spiro atoms. The van der Waals surface area contributed by atoms with Gasteiger partial charge < -0.3 is 5.32 Å². The number of nitrogens with one attached hydrogen (secondary N) is 1. The maximum atomic E-state index is 12.5. The van der Waals surface area contributed by atoms with Crippen LogP contribution in [0.2, 0.25) is 10.0 Å². The minimum Gasteiger partial charge on any atom is -0.355 e. The van der Waals surface area contributed by atoms with Gasteiger partial charge in [0.25, 0.3) is 10.0 Å². The molecule has 5 nitrogen and oxygen atoms in total. The fraction of sp³-hybridized carbons (Fsp3) is 0.389. The average Bonchev–Trinajstić information content (AvgIpc) is 3.29. The predicted molar refractivity (Wildman–Crippen MR) is 109 cm³/mol. The molecule has 0 unspecified atom stereocenters. The third-order valence-electron chi connectivity index (χ3n) is 4.36. The van der Waals surface area contributed by atoms with Crippen LogP contribution in [0.1, 0.15) is 23.3 Å². The second kappa shape index (κ2) is 8.92. The Kier molecular flexibility index (Phi) is 6.81. The molecule has 0 radical (unpaired) electrons. The molecule has 2 heterocycles. The van der Waals surface area contributed by atoms with Gasteiger partial charge in [0, 0.05) is 34.6 Å². The number of carbonyl (C=O) groups is 1. The first-order chi connectivity index (χ1) is 12.9. The standard InChI is InChI=1S/C18H20Cl2N2O3S2/c19-14-4-3-13(16(20)11-14)7-8-21-17(23)12-15-5-6-18(26-15)27(24,25)22-9-1-2-10-22/h3-6,11H,1-2,7-10,12H2,(H,21,23). The van der Waals surface area contributed by atoms with Gasteiger partial charge in [-0.25, -0.2) is 8.42 Å². The quantitative estimate of drug-likeness (QED) is 0.703. The molecule has 2 aromatic rings. The number of thiophene rings is 1. The number of rotatable bonds is 7. The van der Waals surface area contributed by atoms with Crippen LogP contribution in [0.3, 0.4) is 0 Å². The van der Waals surface area contributed by atoms with Crippen LogP contribution in [0.15, 0.2) is 34.5 Å². The highest BCUT2D eigenvalue weighted by Crippen LogP contribution is 2.27. The summed E-state index contributed by atoms with van der Waals surface area (Å²) in [7, 11) is -3.42. The summed E-state index contributed by atoms with van der Waals surface area (Å²) in [5, 5.41) is 3.99. The summed E-state index contributed by atoms with van der Waals surface area (Å²) in [6.07, 6.45) is 2.56. The van der Waals surface area contributed by atoms with Gasteiger partial charge in [-0.2, -0.15) is 4.31 Å². The lowest BCUT2D eigenvalue weighted by atomic mass is 10.1. The van der Waals surface area contributed by atoms with Gasteiger partial charge >= 0.3 is 0 Å². The van der Waals surface area contributed by atoms with Gasteiger partial charge in [0.15, 0.2) is 0 Å². The molecule has 1 aliphatic rings. The predicted octanol–water partition coefficient (Wildman–Crippen LogP) is 3.74. The van der Waals surface area contributed by atoms with Gasteiger partial charge in [-0.05, 0) is 49.1 Å². The summed E-state index contributed by atoms with van der Waals surface area (Å²) in [4.78, 5) is 12.9. The molecule has 1 N–H and O–H groups in total. The molecular weight excluding hydrogens is 427 g/mol. The van der Waals surface area contributed by atoms with Crippen LogP contribution in [-0.2, 0) is 27.7 Å². The third kappa shape index (κ3) is 5.23. The minimum absolute atomic E-state index is 0.146. The maximum Gasteiger partial charge on any atom is 0.252 e. The van der Waals surface area contributed by atoms with Crippen LogP contribution in [0, 0.1) is 0 Å². The van der Waals surface area contributed by atoms with Crippen molar-refractivity contribution in [3.05, 3.63) is 50.8 Å². The van der Waals surface area contributed by atoms with Gasteiger partial charge in [0.1, 0.15) is 4.21 Å². The van der Waals surface area contributed by atoms with Crippen molar-refractivity contribution in [3.8, 4) is 0 Å². The van der Waals surface area contributed by atoms with Crippen molar-refractivity contribution in [1.29, 1.82) is 0 Å². The second-order valence-electron chi connectivity index (χ2n) is 6.34. The van der Waals surface area contributed by atoms with Crippen molar-refractivity contribution in [2.45, 2.75) is 29.9 Å². The molecular formula is C18H20Cl2N2O3S2. The SMILES string of the molecule is O=C(Cc1ccc(S(=O)(=O)N2CCCC2)s1)NCCc1ccc(Cl)cc1Cl. The minimum atomic E-state index is -3.42. The average molecular weight is 447 g/mol. The summed E-state index contributed by atoms with van der Waals surface area (Å²) >= 11 is 13.1. The topological polar surface area (TPSA) is 66.5 Å². The number of sulfonamides is 1. The Labute approximate surface area is 173 Å². The van der Waals surface area contributed by atoms with E-state index in [1.165, 1.54) is 4.31 Å². The Hall–Kier alpha value is -1.12. The molecule has 1 amide bonds. The Bertz CT molecular complexity index is 922. The molecule has 1 aromatic heterocycles. The van der Waals surface area contributed by atoms with Crippen molar-refractivity contribution in [1.82, 2.24) is 9.62 Å². The van der Waals surface area contributed by atoms with Crippen molar-refractivity contribution in [2.24, 2.45) is 0 Å². The number of hydrogen-bond donors (Lipinski definition) is 1. The number of nitrogens with zero attached hydrogens (tertiary/aromatic N) is 1. The zero-order valence-corrected chi connectivity index (χ0v) is 17.7. The maximum absolute atomic E-state index is 12.5. The summed E-state index contributed by atoms with van der Waals surface area (Å²) in [6, 6.07) is 8.58. The normalized spacial score (nSPS) is 15.2. The first kappa shape index (κ1) is 20.6. The lowest BCUT2D eigenvalue weighted by Crippen LogP contribution is -2.27. The number of hydrogen-bond acceptors (Lipinski definition) is 4. The van der Waals surface area contributed by atoms with Crippen LogP contribution in [0.5, 0.6) is 0 Å². The van der Waals surface area contributed by atoms with Gasteiger partial charge in [-0.15, -0.1) is 11.3 Å². The van der Waals surface area contributed by atoms with E-state index in [1.54, 1.807) is 24.3 Å². The fourth-order valence-corrected chi connectivity index (χ4v) is 6.46. The van der Waals surface area contributed by atoms with E-state index in [2.05, 4.69) is 5.32 Å². The largest absolute Gasteiger partial charge is 0.355 e. The molecule has 3 rings (SSSR count). The van der Waals surface area contributed by atoms with Gasteiger partial charge in [-0.1, -0.05) is 29.3 Å². The molecule has 0 saturated carbocycles. The molecule has 9 heteroatoms. The van der Waals surface area contributed by atoms with Crippen molar-refractivity contribution >= 4 is 50.5 Å². The summed E-state index contributed by atoms with van der Waals surface area (Å²) < 4.78 is 26.9. The number of benzene rings is 1. The Morgan fingerprint density at radius 3 is 2.59 bits per heavy atom. The Balaban J connectivity index is 1.52. The highest BCUT2D eigenvalue weighted by molar-refractivity contribution is 7.91. The highest BCUT2D eigenvalue weighted by Gasteiger charge is 2.28. The molecule has 146 valence electrons. The van der Waals surface area contributed by atoms with Crippen molar-refractivity contribution in [2.75, 3.05) is 19.6 Å². The van der Waals surface area contributed by atoms with Gasteiger partial charge in [0.05, 0.1) is 6.42 Å². The molecule has 0 atom stereocenters. The zero-order chi connectivity index (χ0) is 19.4. The zero-order valence-electron chi connectivity index (χ0n) is 14.6. The Morgan fingerprint density at radius 2 is 1.89 bits per heavy atom. The molecule has 1 fully saturated rings. The number of halogens is 2. The van der Waals surface area contributed by atoms with Crippen molar-refractivity contribution < 1.29 is 13.2 Å². The first-order valence-corrected chi connectivity index (χ1v) is 11.7. The molecule has 0 aliphatic carbocycles. The van der Waals surface area contributed by atoms with E-state index in [-0.39, 0.29) is 12.3 Å². The van der Waals surface area contributed by atoms with Crippen LogP contribution in [0.25, 0.3) is 0 Å². The lowest BCUT2D eigenvalue weighted by Gasteiger charge is -2.13. The summed E-state index contributed by atoms with van der Waals surface area (Å²) in [5.74, 6) is -0.146. The molecule has 1 aromatic carbocycles. The van der Waals surface area contributed by atoms with Gasteiger partial charge in [-0.3, -0.25) is 4.79 Å². The van der Waals surface area contributed by atoms with E-state index in [4.69, 9.17) is 23.2 Å². The van der Waals surface area contributed by atoms with E-state index in [9.17, 15) is 13.2 Å². The Morgan fingerprint density at radius 1 is 1.15 bits per heavy atom. The first-order valence-electron chi connectivity index (χ1n) is 8.66. The van der Waals surface area contributed by atoms with E-state index >= 15 is 0 Å². The lowest BCUT2D eigenvalue weighted by molar-refractivity contribution is -0.120. The number of amides is 1. The van der Waals surface area contributed by atoms with Crippen LogP contribution >= 0.6 is 34.5 Å². The second-order valence-corrected chi connectivity index (χ2v) is 10.5. The van der Waals surface area contributed by atoms with E-state index in [0.717, 1.165) is 34.6 Å². The molecule has 1 saturated heterocycles. The monoisotopic (exact) mass is 446 g/mol. The van der Waals surface area contributed by atoms with Crippen LogP contribution in [-0.4, -0.2) is 38.3 Å². The van der Waals surface area contributed by atoms with Crippen LogP contribution < -0.4 is 5.32 Å². The van der Waals surface area contributed by atoms with E-state index in [0.29, 0.717) is 40.3 Å². The van der Waals surface area contributed by atoms with Gasteiger partial charge in [0.2, 0.25) is 5.91 Å². The molecule has 0 bridgehead atoms. The smallest absolute Gasteiger partial charge is 0.252 e. The summed E-state index contributed by atoms with van der Waals surface area (Å²) in [6.45, 7) is 1.59. The number of carbonyl (C=O) groups excluding carboxylic acids is 1. The molecule has 27 heavy (non-hydrogen) atoms. The van der Waals surface area contributed by atoms with E-state index < -0.39 is 10.0 Å². The fourth-order valence-electron chi connectivity index (χ4n) is 2.93. The highest BCUT2D eigenvalue weighted by atomic mass is 35.5.